The molecular formula is C19H21NO. The summed E-state index contributed by atoms with van der Waals surface area (Å²) in [4.78, 5) is 12.8. The lowest BCUT2D eigenvalue weighted by molar-refractivity contribution is 0.0899. The first kappa shape index (κ1) is 14.0. The van der Waals surface area contributed by atoms with Gasteiger partial charge in [-0.3, -0.25) is 4.79 Å². The summed E-state index contributed by atoms with van der Waals surface area (Å²) < 4.78 is 0. The van der Waals surface area contributed by atoms with E-state index in [4.69, 9.17) is 5.73 Å². The van der Waals surface area contributed by atoms with Crippen molar-refractivity contribution in [1.29, 1.82) is 0 Å². The number of carbonyl (C=O) groups is 1. The average molecular weight is 279 g/mol. The fourth-order valence-corrected chi connectivity index (χ4v) is 2.89. The number of carbonyl (C=O) groups excluding carboxylic acids is 1. The molecule has 0 saturated heterocycles. The Hall–Kier alpha value is -1.93. The van der Waals surface area contributed by atoms with Crippen LogP contribution in [0.1, 0.15) is 53.6 Å². The van der Waals surface area contributed by atoms with E-state index in [0.717, 1.165) is 5.56 Å². The van der Waals surface area contributed by atoms with Crippen LogP contribution in [0.25, 0.3) is 0 Å². The molecule has 0 radical (unpaired) electrons. The molecule has 0 aromatic heterocycles. The highest BCUT2D eigenvalue weighted by atomic mass is 16.1. The maximum atomic E-state index is 12.8. The molecule has 2 aromatic carbocycles. The zero-order valence-corrected chi connectivity index (χ0v) is 12.4. The molecule has 0 bridgehead atoms. The molecule has 2 heteroatoms. The normalized spacial score (nSPS) is 17.8. The molecule has 108 valence electrons. The van der Waals surface area contributed by atoms with Gasteiger partial charge in [-0.2, -0.15) is 0 Å². The van der Waals surface area contributed by atoms with Crippen LogP contribution in [0.15, 0.2) is 54.6 Å². The fourth-order valence-electron chi connectivity index (χ4n) is 2.89. The molecule has 21 heavy (non-hydrogen) atoms. The van der Waals surface area contributed by atoms with Gasteiger partial charge < -0.3 is 5.73 Å². The summed E-state index contributed by atoms with van der Waals surface area (Å²) in [5, 5.41) is 0. The average Bonchev–Trinajstić information content (AvgIpc) is 2.46. The molecule has 3 rings (SSSR count). The van der Waals surface area contributed by atoms with E-state index in [1.54, 1.807) is 6.92 Å². The molecule has 2 N–H and O–H groups in total. The summed E-state index contributed by atoms with van der Waals surface area (Å²) in [6, 6.07) is 17.6. The number of benzene rings is 2. The van der Waals surface area contributed by atoms with Gasteiger partial charge >= 0.3 is 0 Å². The SMILES string of the molecule is CC(N)(C(=O)c1cccc(C2CCC2)c1)c1ccccc1. The van der Waals surface area contributed by atoms with Crippen molar-refractivity contribution in [3.8, 4) is 0 Å². The van der Waals surface area contributed by atoms with Crippen molar-refractivity contribution in [3.63, 3.8) is 0 Å². The van der Waals surface area contributed by atoms with Crippen molar-refractivity contribution in [2.75, 3.05) is 0 Å². The van der Waals surface area contributed by atoms with E-state index in [1.165, 1.54) is 24.8 Å². The fraction of sp³-hybridized carbons (Fsp3) is 0.316. The van der Waals surface area contributed by atoms with E-state index in [9.17, 15) is 4.79 Å². The van der Waals surface area contributed by atoms with Gasteiger partial charge in [0.2, 0.25) is 0 Å². The number of nitrogens with two attached hydrogens (primary N) is 1. The summed E-state index contributed by atoms with van der Waals surface area (Å²) in [5.41, 5.74) is 8.19. The second kappa shape index (κ2) is 5.45. The monoisotopic (exact) mass is 279 g/mol. The predicted octanol–water partition coefficient (Wildman–Crippen LogP) is 4.01. The molecule has 1 unspecified atom stereocenters. The van der Waals surface area contributed by atoms with Crippen molar-refractivity contribution in [3.05, 3.63) is 71.3 Å². The summed E-state index contributed by atoms with van der Waals surface area (Å²) in [6.45, 7) is 1.79. The molecule has 1 saturated carbocycles. The molecule has 1 aliphatic rings. The minimum absolute atomic E-state index is 0.0186. The summed E-state index contributed by atoms with van der Waals surface area (Å²) >= 11 is 0. The van der Waals surface area contributed by atoms with Crippen LogP contribution < -0.4 is 5.73 Å². The molecule has 0 amide bonds. The van der Waals surface area contributed by atoms with Gasteiger partial charge in [0.05, 0.1) is 0 Å². The second-order valence-corrected chi connectivity index (χ2v) is 6.15. The molecule has 1 fully saturated rings. The Balaban J connectivity index is 1.91. The van der Waals surface area contributed by atoms with E-state index in [-0.39, 0.29) is 5.78 Å². The summed E-state index contributed by atoms with van der Waals surface area (Å²) in [7, 11) is 0. The molecule has 0 spiro atoms. The number of rotatable bonds is 4. The Bertz CT molecular complexity index is 642. The molecular weight excluding hydrogens is 258 g/mol. The standard InChI is InChI=1S/C19H21NO/c1-19(20,17-11-3-2-4-12-17)18(21)16-10-6-9-15(13-16)14-7-5-8-14/h2-4,6,9-14H,5,7-8,20H2,1H3. The Morgan fingerprint density at radius 3 is 2.43 bits per heavy atom. The Morgan fingerprint density at radius 2 is 1.81 bits per heavy atom. The molecule has 2 aromatic rings. The van der Waals surface area contributed by atoms with Crippen LogP contribution in [0.2, 0.25) is 0 Å². The van der Waals surface area contributed by atoms with Gasteiger partial charge in [0.15, 0.2) is 5.78 Å². The molecule has 0 heterocycles. The van der Waals surface area contributed by atoms with Crippen LogP contribution >= 0.6 is 0 Å². The van der Waals surface area contributed by atoms with Crippen LogP contribution in [-0.2, 0) is 5.54 Å². The van der Waals surface area contributed by atoms with Crippen molar-refractivity contribution >= 4 is 5.78 Å². The minimum atomic E-state index is -0.987. The highest BCUT2D eigenvalue weighted by Crippen LogP contribution is 2.37. The second-order valence-electron chi connectivity index (χ2n) is 6.15. The Labute approximate surface area is 126 Å². The third-order valence-electron chi connectivity index (χ3n) is 4.57. The highest BCUT2D eigenvalue weighted by Gasteiger charge is 2.31. The number of hydrogen-bond acceptors (Lipinski definition) is 2. The van der Waals surface area contributed by atoms with Gasteiger partial charge in [0, 0.05) is 5.56 Å². The first-order chi connectivity index (χ1) is 10.1. The first-order valence-corrected chi connectivity index (χ1v) is 7.58. The molecule has 1 atom stereocenters. The van der Waals surface area contributed by atoms with Gasteiger partial charge in [-0.1, -0.05) is 55.0 Å². The smallest absolute Gasteiger partial charge is 0.186 e. The van der Waals surface area contributed by atoms with E-state index in [2.05, 4.69) is 6.07 Å². The Kier molecular flexibility index (Phi) is 3.64. The van der Waals surface area contributed by atoms with Gasteiger partial charge in [0.25, 0.3) is 0 Å². The zero-order valence-electron chi connectivity index (χ0n) is 12.4. The van der Waals surface area contributed by atoms with Crippen molar-refractivity contribution in [2.45, 2.75) is 37.6 Å². The van der Waals surface area contributed by atoms with E-state index in [1.807, 2.05) is 48.5 Å². The summed E-state index contributed by atoms with van der Waals surface area (Å²) in [6.07, 6.45) is 3.76. The van der Waals surface area contributed by atoms with Crippen LogP contribution in [0.4, 0.5) is 0 Å². The number of Topliss-reactive ketones (excluding diaryl/α,β-unsaturated/α-hetero) is 1. The highest BCUT2D eigenvalue weighted by molar-refractivity contribution is 6.03. The topological polar surface area (TPSA) is 43.1 Å². The third kappa shape index (κ3) is 2.64. The lowest BCUT2D eigenvalue weighted by Crippen LogP contribution is -2.41. The van der Waals surface area contributed by atoms with Crippen molar-refractivity contribution in [1.82, 2.24) is 0 Å². The zero-order chi connectivity index (χ0) is 14.9. The largest absolute Gasteiger partial charge is 0.315 e. The third-order valence-corrected chi connectivity index (χ3v) is 4.57. The number of hydrogen-bond donors (Lipinski definition) is 1. The van der Waals surface area contributed by atoms with Crippen molar-refractivity contribution < 1.29 is 4.79 Å². The van der Waals surface area contributed by atoms with Gasteiger partial charge in [-0.05, 0) is 42.9 Å². The molecule has 0 aliphatic heterocycles. The summed E-state index contributed by atoms with van der Waals surface area (Å²) in [5.74, 6) is 0.605. The van der Waals surface area contributed by atoms with Crippen LogP contribution in [0.3, 0.4) is 0 Å². The van der Waals surface area contributed by atoms with Crippen molar-refractivity contribution in [2.24, 2.45) is 5.73 Å². The van der Waals surface area contributed by atoms with E-state index in [0.29, 0.717) is 11.5 Å². The van der Waals surface area contributed by atoms with Gasteiger partial charge in [0.1, 0.15) is 5.54 Å². The molecule has 2 nitrogen and oxygen atoms in total. The maximum Gasteiger partial charge on any atom is 0.186 e. The van der Waals surface area contributed by atoms with E-state index >= 15 is 0 Å². The van der Waals surface area contributed by atoms with Gasteiger partial charge in [-0.15, -0.1) is 0 Å². The van der Waals surface area contributed by atoms with Crippen LogP contribution in [-0.4, -0.2) is 5.78 Å². The molecule has 1 aliphatic carbocycles. The van der Waals surface area contributed by atoms with Gasteiger partial charge in [-0.25, -0.2) is 0 Å². The number of ketones is 1. The lowest BCUT2D eigenvalue weighted by Gasteiger charge is -2.27. The predicted molar refractivity (Wildman–Crippen MR) is 85.3 cm³/mol. The van der Waals surface area contributed by atoms with E-state index < -0.39 is 5.54 Å². The Morgan fingerprint density at radius 1 is 1.10 bits per heavy atom. The quantitative estimate of drug-likeness (QED) is 0.859. The minimum Gasteiger partial charge on any atom is -0.315 e. The van der Waals surface area contributed by atoms with Crippen LogP contribution in [0.5, 0.6) is 0 Å². The lowest BCUT2D eigenvalue weighted by atomic mass is 9.78. The van der Waals surface area contributed by atoms with Crippen LogP contribution in [0, 0.1) is 0 Å². The first-order valence-electron chi connectivity index (χ1n) is 7.58. The maximum absolute atomic E-state index is 12.8.